The van der Waals surface area contributed by atoms with Crippen LogP contribution in [-0.4, -0.2) is 30.4 Å². The minimum absolute atomic E-state index is 0.0487. The van der Waals surface area contributed by atoms with Crippen molar-refractivity contribution in [2.24, 2.45) is 5.92 Å². The zero-order valence-corrected chi connectivity index (χ0v) is 19.1. The Kier molecular flexibility index (Phi) is 7.11. The van der Waals surface area contributed by atoms with Crippen LogP contribution in [-0.2, 0) is 16.6 Å². The van der Waals surface area contributed by atoms with Crippen LogP contribution >= 0.6 is 11.6 Å². The van der Waals surface area contributed by atoms with Gasteiger partial charge in [0.05, 0.1) is 23.3 Å². The molecule has 1 aliphatic rings. The quantitative estimate of drug-likeness (QED) is 0.401. The Balaban J connectivity index is 1.75. The van der Waals surface area contributed by atoms with Crippen LogP contribution in [0.2, 0.25) is 5.02 Å². The molecule has 33 heavy (non-hydrogen) atoms. The molecular weight excluding hydrogens is 477 g/mol. The van der Waals surface area contributed by atoms with Gasteiger partial charge in [-0.3, -0.25) is 4.39 Å². The van der Waals surface area contributed by atoms with Gasteiger partial charge in [0.2, 0.25) is 15.9 Å². The number of hydrogen-bond donors (Lipinski definition) is 0. The molecule has 1 aliphatic carbocycles. The lowest BCUT2D eigenvalue weighted by Crippen LogP contribution is -2.46. The Hall–Kier alpha value is -2.36. The van der Waals surface area contributed by atoms with Crippen molar-refractivity contribution < 1.29 is 26.0 Å². The van der Waals surface area contributed by atoms with E-state index in [1.807, 2.05) is 0 Å². The van der Waals surface area contributed by atoms with Gasteiger partial charge in [0, 0.05) is 29.1 Å². The molecule has 176 valence electrons. The van der Waals surface area contributed by atoms with Gasteiger partial charge in [-0.2, -0.15) is 4.31 Å². The van der Waals surface area contributed by atoms with Crippen LogP contribution in [0.1, 0.15) is 31.2 Å². The van der Waals surface area contributed by atoms with Crippen molar-refractivity contribution in [3.8, 4) is 11.5 Å². The number of rotatable bonds is 7. The van der Waals surface area contributed by atoms with Crippen LogP contribution in [0.15, 0.2) is 58.2 Å². The van der Waals surface area contributed by atoms with Gasteiger partial charge in [0.15, 0.2) is 0 Å². The van der Waals surface area contributed by atoms with E-state index in [4.69, 9.17) is 16.0 Å². The summed E-state index contributed by atoms with van der Waals surface area (Å²) in [4.78, 5) is 3.78. The Morgan fingerprint density at radius 1 is 1.09 bits per heavy atom. The van der Waals surface area contributed by atoms with Gasteiger partial charge in [-0.1, -0.05) is 24.4 Å². The second kappa shape index (κ2) is 9.87. The summed E-state index contributed by atoms with van der Waals surface area (Å²) in [6, 6.07) is 6.75. The molecule has 2 aromatic carbocycles. The predicted octanol–water partition coefficient (Wildman–Crippen LogP) is 5.99. The summed E-state index contributed by atoms with van der Waals surface area (Å²) in [5.74, 6) is -2.23. The number of oxazole rings is 1. The fraction of sp³-hybridized carbons (Fsp3) is 0.348. The third-order valence-electron chi connectivity index (χ3n) is 5.98. The van der Waals surface area contributed by atoms with E-state index >= 15 is 4.39 Å². The highest BCUT2D eigenvalue weighted by Gasteiger charge is 2.38. The van der Waals surface area contributed by atoms with Crippen molar-refractivity contribution in [3.63, 3.8) is 0 Å². The highest BCUT2D eigenvalue weighted by atomic mass is 35.5. The number of aromatic nitrogens is 1. The summed E-state index contributed by atoms with van der Waals surface area (Å²) >= 11 is 5.90. The average Bonchev–Trinajstić information content (AvgIpc) is 3.34. The van der Waals surface area contributed by atoms with Crippen molar-refractivity contribution in [2.45, 2.75) is 43.2 Å². The van der Waals surface area contributed by atoms with Crippen LogP contribution in [0.4, 0.5) is 13.2 Å². The minimum Gasteiger partial charge on any atom is -0.444 e. The topological polar surface area (TPSA) is 63.4 Å². The van der Waals surface area contributed by atoms with E-state index in [9.17, 15) is 17.2 Å². The summed E-state index contributed by atoms with van der Waals surface area (Å²) in [5.41, 5.74) is -0.337. The van der Waals surface area contributed by atoms with Gasteiger partial charge in [-0.05, 0) is 49.2 Å². The summed E-state index contributed by atoms with van der Waals surface area (Å²) in [7, 11) is -4.15. The van der Waals surface area contributed by atoms with E-state index in [1.165, 1.54) is 36.7 Å². The SMILES string of the molecule is O=S(=O)(c1ccc(Cl)cc1)N(Cc1cc(F)c(-c2ncco2)cc1F)[C@@H]1CCCC[C@H]1CF. The van der Waals surface area contributed by atoms with Gasteiger partial charge < -0.3 is 4.42 Å². The molecule has 1 aromatic heterocycles. The molecule has 1 heterocycles. The van der Waals surface area contributed by atoms with Crippen LogP contribution in [0.5, 0.6) is 0 Å². The van der Waals surface area contributed by atoms with E-state index in [0.717, 1.165) is 22.9 Å². The van der Waals surface area contributed by atoms with E-state index < -0.39 is 46.8 Å². The van der Waals surface area contributed by atoms with Crippen LogP contribution in [0.3, 0.4) is 0 Å². The van der Waals surface area contributed by atoms with Crippen LogP contribution in [0, 0.1) is 17.6 Å². The first-order chi connectivity index (χ1) is 15.8. The second-order valence-corrected chi connectivity index (χ2v) is 10.4. The zero-order chi connectivity index (χ0) is 23.6. The fourth-order valence-electron chi connectivity index (χ4n) is 4.27. The molecule has 0 unspecified atom stereocenters. The molecule has 2 atom stereocenters. The number of nitrogens with zero attached hydrogens (tertiary/aromatic N) is 2. The maximum Gasteiger partial charge on any atom is 0.243 e. The third-order valence-corrected chi connectivity index (χ3v) is 8.12. The number of sulfonamides is 1. The van der Waals surface area contributed by atoms with Gasteiger partial charge in [-0.25, -0.2) is 22.2 Å². The summed E-state index contributed by atoms with van der Waals surface area (Å²) in [5, 5.41) is 0.357. The largest absolute Gasteiger partial charge is 0.444 e. The van der Waals surface area contributed by atoms with E-state index in [1.54, 1.807) is 0 Å². The highest BCUT2D eigenvalue weighted by molar-refractivity contribution is 7.89. The fourth-order valence-corrected chi connectivity index (χ4v) is 6.09. The monoisotopic (exact) mass is 498 g/mol. The molecule has 4 rings (SSSR count). The van der Waals surface area contributed by atoms with Crippen LogP contribution in [0.25, 0.3) is 11.5 Å². The van der Waals surface area contributed by atoms with E-state index in [2.05, 4.69) is 4.98 Å². The Morgan fingerprint density at radius 3 is 2.48 bits per heavy atom. The second-order valence-electron chi connectivity index (χ2n) is 8.03. The van der Waals surface area contributed by atoms with E-state index in [0.29, 0.717) is 24.3 Å². The maximum absolute atomic E-state index is 15.0. The van der Waals surface area contributed by atoms with Gasteiger partial charge in [-0.15, -0.1) is 0 Å². The molecule has 0 aliphatic heterocycles. The lowest BCUT2D eigenvalue weighted by Gasteiger charge is -2.38. The van der Waals surface area contributed by atoms with Gasteiger partial charge >= 0.3 is 0 Å². The summed E-state index contributed by atoms with van der Waals surface area (Å²) in [6.45, 7) is -1.14. The molecule has 0 N–H and O–H groups in total. The molecule has 1 saturated carbocycles. The molecule has 0 saturated heterocycles. The molecule has 1 fully saturated rings. The molecule has 3 aromatic rings. The number of hydrogen-bond acceptors (Lipinski definition) is 4. The maximum atomic E-state index is 15.0. The third kappa shape index (κ3) is 4.95. The molecular formula is C23H22ClF3N2O3S. The van der Waals surface area contributed by atoms with Crippen LogP contribution < -0.4 is 0 Å². The minimum atomic E-state index is -4.15. The van der Waals surface area contributed by atoms with Crippen molar-refractivity contribution in [1.82, 2.24) is 9.29 Å². The molecule has 0 amide bonds. The van der Waals surface area contributed by atoms with Gasteiger partial charge in [0.1, 0.15) is 17.9 Å². The number of benzene rings is 2. The normalized spacial score (nSPS) is 19.2. The van der Waals surface area contributed by atoms with Crippen molar-refractivity contribution in [1.29, 1.82) is 0 Å². The standard InChI is InChI=1S/C23H22ClF3N2O3S/c24-17-5-7-18(8-6-17)33(30,31)29(22-4-2-1-3-15(22)13-25)14-16-11-21(27)19(12-20(16)26)23-28-9-10-32-23/h5-12,15,22H,1-4,13-14H2/t15-,22+/m0/s1. The van der Waals surface area contributed by atoms with Crippen molar-refractivity contribution in [2.75, 3.05) is 6.67 Å². The first kappa shape index (κ1) is 23.8. The number of alkyl halides is 1. The Morgan fingerprint density at radius 2 is 1.82 bits per heavy atom. The predicted molar refractivity (Wildman–Crippen MR) is 118 cm³/mol. The summed E-state index contributed by atoms with van der Waals surface area (Å²) < 4.78 is 76.9. The highest BCUT2D eigenvalue weighted by Crippen LogP contribution is 2.35. The smallest absolute Gasteiger partial charge is 0.243 e. The van der Waals surface area contributed by atoms with Crippen molar-refractivity contribution in [3.05, 3.63) is 71.1 Å². The lowest BCUT2D eigenvalue weighted by atomic mass is 9.85. The molecule has 0 spiro atoms. The Labute approximate surface area is 195 Å². The van der Waals surface area contributed by atoms with Crippen molar-refractivity contribution >= 4 is 21.6 Å². The van der Waals surface area contributed by atoms with Gasteiger partial charge in [0.25, 0.3) is 0 Å². The average molecular weight is 499 g/mol. The first-order valence-electron chi connectivity index (χ1n) is 10.5. The molecule has 0 bridgehead atoms. The molecule has 10 heteroatoms. The van der Waals surface area contributed by atoms with E-state index in [-0.39, 0.29) is 21.9 Å². The zero-order valence-electron chi connectivity index (χ0n) is 17.6. The summed E-state index contributed by atoms with van der Waals surface area (Å²) in [6.07, 6.45) is 5.00. The molecule has 0 radical (unpaired) electrons. The molecule has 5 nitrogen and oxygen atoms in total. The Bertz CT molecular complexity index is 1200. The first-order valence-corrected chi connectivity index (χ1v) is 12.3. The lowest BCUT2D eigenvalue weighted by molar-refractivity contribution is 0.146. The number of halogens is 4.